The lowest BCUT2D eigenvalue weighted by atomic mass is 9.85. The van der Waals surface area contributed by atoms with Crippen LogP contribution in [0.3, 0.4) is 0 Å². The highest BCUT2D eigenvalue weighted by Gasteiger charge is 2.24. The van der Waals surface area contributed by atoms with E-state index in [-0.39, 0.29) is 12.1 Å². The van der Waals surface area contributed by atoms with Crippen LogP contribution in [0.5, 0.6) is 0 Å². The quantitative estimate of drug-likeness (QED) is 0.747. The summed E-state index contributed by atoms with van der Waals surface area (Å²) < 4.78 is 5.27. The van der Waals surface area contributed by atoms with Crippen molar-refractivity contribution in [2.75, 3.05) is 6.54 Å². The van der Waals surface area contributed by atoms with Gasteiger partial charge in [0.1, 0.15) is 5.60 Å². The Balaban J connectivity index is 2.19. The SMILES string of the molecule is CC(CCNC1CCCC(C)(C)CC1)NC(=O)OC(C)(C)C. The predicted molar refractivity (Wildman–Crippen MR) is 92.1 cm³/mol. The molecule has 0 bridgehead atoms. The summed E-state index contributed by atoms with van der Waals surface area (Å²) in [5, 5.41) is 6.56. The number of amides is 1. The second-order valence-electron chi connectivity index (χ2n) is 8.58. The van der Waals surface area contributed by atoms with E-state index in [1.807, 2.05) is 27.7 Å². The van der Waals surface area contributed by atoms with E-state index in [4.69, 9.17) is 4.74 Å². The van der Waals surface area contributed by atoms with Gasteiger partial charge in [0.05, 0.1) is 0 Å². The summed E-state index contributed by atoms with van der Waals surface area (Å²) >= 11 is 0. The molecule has 0 spiro atoms. The van der Waals surface area contributed by atoms with Crippen LogP contribution in [0.1, 0.15) is 80.1 Å². The van der Waals surface area contributed by atoms with E-state index < -0.39 is 5.60 Å². The summed E-state index contributed by atoms with van der Waals surface area (Å²) in [6, 6.07) is 0.764. The molecule has 0 aromatic rings. The molecule has 0 saturated heterocycles. The van der Waals surface area contributed by atoms with Crippen molar-refractivity contribution in [1.82, 2.24) is 10.6 Å². The minimum atomic E-state index is -0.435. The fourth-order valence-electron chi connectivity index (χ4n) is 2.95. The van der Waals surface area contributed by atoms with Gasteiger partial charge in [-0.05, 0) is 71.8 Å². The molecule has 0 aromatic heterocycles. The lowest BCUT2D eigenvalue weighted by Crippen LogP contribution is -2.40. The Morgan fingerprint density at radius 2 is 1.95 bits per heavy atom. The number of hydrogen-bond acceptors (Lipinski definition) is 3. The molecule has 2 atom stereocenters. The van der Waals surface area contributed by atoms with Crippen molar-refractivity contribution in [3.63, 3.8) is 0 Å². The number of nitrogens with one attached hydrogen (secondary N) is 2. The van der Waals surface area contributed by atoms with E-state index in [2.05, 4.69) is 24.5 Å². The molecule has 4 nitrogen and oxygen atoms in total. The summed E-state index contributed by atoms with van der Waals surface area (Å²) in [6.45, 7) is 13.4. The number of hydrogen-bond donors (Lipinski definition) is 2. The summed E-state index contributed by atoms with van der Waals surface area (Å²) in [4.78, 5) is 11.7. The topological polar surface area (TPSA) is 50.4 Å². The Kier molecular flexibility index (Phi) is 7.17. The highest BCUT2D eigenvalue weighted by Crippen LogP contribution is 2.33. The van der Waals surface area contributed by atoms with Crippen LogP contribution in [0.2, 0.25) is 0 Å². The number of rotatable bonds is 5. The summed E-state index contributed by atoms with van der Waals surface area (Å²) in [5.74, 6) is 0. The average Bonchev–Trinajstić information content (AvgIpc) is 2.48. The molecule has 0 heterocycles. The van der Waals surface area contributed by atoms with Gasteiger partial charge in [0.25, 0.3) is 0 Å². The smallest absolute Gasteiger partial charge is 0.407 e. The van der Waals surface area contributed by atoms with E-state index in [9.17, 15) is 4.79 Å². The number of alkyl carbamates (subject to hydrolysis) is 1. The molecule has 1 amide bonds. The van der Waals surface area contributed by atoms with E-state index in [1.54, 1.807) is 0 Å². The van der Waals surface area contributed by atoms with Crippen molar-refractivity contribution in [2.45, 2.75) is 97.8 Å². The fourth-order valence-corrected chi connectivity index (χ4v) is 2.95. The molecule has 1 aliphatic carbocycles. The van der Waals surface area contributed by atoms with Crippen molar-refractivity contribution in [1.29, 1.82) is 0 Å². The first kappa shape index (κ1) is 19.3. The molecule has 130 valence electrons. The Hall–Kier alpha value is -0.770. The van der Waals surface area contributed by atoms with E-state index in [0.29, 0.717) is 11.5 Å². The van der Waals surface area contributed by atoms with Gasteiger partial charge in [0.2, 0.25) is 0 Å². The van der Waals surface area contributed by atoms with Crippen LogP contribution >= 0.6 is 0 Å². The first-order chi connectivity index (χ1) is 10.1. The van der Waals surface area contributed by atoms with Gasteiger partial charge in [0.15, 0.2) is 0 Å². The Morgan fingerprint density at radius 3 is 2.59 bits per heavy atom. The zero-order valence-electron chi connectivity index (χ0n) is 15.4. The van der Waals surface area contributed by atoms with Gasteiger partial charge < -0.3 is 15.4 Å². The van der Waals surface area contributed by atoms with Crippen molar-refractivity contribution >= 4 is 6.09 Å². The van der Waals surface area contributed by atoms with Crippen molar-refractivity contribution in [3.8, 4) is 0 Å². The van der Waals surface area contributed by atoms with Crippen LogP contribution < -0.4 is 10.6 Å². The van der Waals surface area contributed by atoms with Crippen LogP contribution in [-0.4, -0.2) is 30.3 Å². The number of carbonyl (C=O) groups is 1. The molecule has 0 aliphatic heterocycles. The maximum absolute atomic E-state index is 11.7. The molecule has 1 rings (SSSR count). The van der Waals surface area contributed by atoms with Crippen LogP contribution in [0.15, 0.2) is 0 Å². The van der Waals surface area contributed by atoms with Crippen molar-refractivity contribution < 1.29 is 9.53 Å². The average molecular weight is 312 g/mol. The van der Waals surface area contributed by atoms with Crippen LogP contribution in [0, 0.1) is 5.41 Å². The molecular weight excluding hydrogens is 276 g/mol. The lowest BCUT2D eigenvalue weighted by Gasteiger charge is -2.23. The van der Waals surface area contributed by atoms with Gasteiger partial charge in [-0.15, -0.1) is 0 Å². The molecule has 22 heavy (non-hydrogen) atoms. The maximum atomic E-state index is 11.7. The van der Waals surface area contributed by atoms with Gasteiger partial charge in [-0.2, -0.15) is 0 Å². The maximum Gasteiger partial charge on any atom is 0.407 e. The van der Waals surface area contributed by atoms with Crippen molar-refractivity contribution in [2.24, 2.45) is 5.41 Å². The normalized spacial score (nSPS) is 23.5. The largest absolute Gasteiger partial charge is 0.444 e. The summed E-state index contributed by atoms with van der Waals surface area (Å²) in [5.41, 5.74) is 0.0667. The minimum absolute atomic E-state index is 0.129. The first-order valence-electron chi connectivity index (χ1n) is 8.80. The standard InChI is InChI=1S/C18H36N2O2/c1-14(20-16(21)22-17(2,3)4)10-13-19-15-8-7-11-18(5,6)12-9-15/h14-15,19H,7-13H2,1-6H3,(H,20,21). The second kappa shape index (κ2) is 8.19. The number of carbonyl (C=O) groups excluding carboxylic acids is 1. The van der Waals surface area contributed by atoms with Gasteiger partial charge >= 0.3 is 6.09 Å². The monoisotopic (exact) mass is 312 g/mol. The van der Waals surface area contributed by atoms with Gasteiger partial charge in [-0.1, -0.05) is 20.3 Å². The molecule has 0 aromatic carbocycles. The summed E-state index contributed by atoms with van der Waals surface area (Å²) in [6.07, 6.45) is 7.10. The van der Waals surface area contributed by atoms with Gasteiger partial charge in [0, 0.05) is 12.1 Å². The number of ether oxygens (including phenoxy) is 1. The third-order valence-electron chi connectivity index (χ3n) is 4.35. The molecule has 0 radical (unpaired) electrons. The lowest BCUT2D eigenvalue weighted by molar-refractivity contribution is 0.0506. The first-order valence-corrected chi connectivity index (χ1v) is 8.80. The highest BCUT2D eigenvalue weighted by molar-refractivity contribution is 5.67. The third kappa shape index (κ3) is 8.62. The minimum Gasteiger partial charge on any atom is -0.444 e. The fraction of sp³-hybridized carbons (Fsp3) is 0.944. The van der Waals surface area contributed by atoms with E-state index in [1.165, 1.54) is 32.1 Å². The molecule has 1 fully saturated rings. The second-order valence-corrected chi connectivity index (χ2v) is 8.58. The van der Waals surface area contributed by atoms with Gasteiger partial charge in [-0.25, -0.2) is 4.79 Å². The Morgan fingerprint density at radius 1 is 1.27 bits per heavy atom. The van der Waals surface area contributed by atoms with Crippen molar-refractivity contribution in [3.05, 3.63) is 0 Å². The highest BCUT2D eigenvalue weighted by atomic mass is 16.6. The van der Waals surface area contributed by atoms with Crippen LogP contribution in [0.4, 0.5) is 4.79 Å². The van der Waals surface area contributed by atoms with Crippen LogP contribution in [0.25, 0.3) is 0 Å². The van der Waals surface area contributed by atoms with E-state index in [0.717, 1.165) is 13.0 Å². The summed E-state index contributed by atoms with van der Waals surface area (Å²) in [7, 11) is 0. The molecule has 1 saturated carbocycles. The zero-order chi connectivity index (χ0) is 16.8. The predicted octanol–water partition coefficient (Wildman–Crippen LogP) is 4.24. The third-order valence-corrected chi connectivity index (χ3v) is 4.35. The van der Waals surface area contributed by atoms with Gasteiger partial charge in [-0.3, -0.25) is 0 Å². The molecule has 2 N–H and O–H groups in total. The van der Waals surface area contributed by atoms with Crippen LogP contribution in [-0.2, 0) is 4.74 Å². The molecule has 4 heteroatoms. The molecule has 2 unspecified atom stereocenters. The van der Waals surface area contributed by atoms with E-state index >= 15 is 0 Å². The molecular formula is C18H36N2O2. The molecule has 1 aliphatic rings. The zero-order valence-corrected chi connectivity index (χ0v) is 15.4. The Bertz CT molecular complexity index is 347. The Labute approximate surface area is 136 Å².